The van der Waals surface area contributed by atoms with Crippen molar-refractivity contribution in [3.05, 3.63) is 71.0 Å². The fourth-order valence-corrected chi connectivity index (χ4v) is 3.37. The topological polar surface area (TPSA) is 93.8 Å². The molecule has 0 aliphatic heterocycles. The van der Waals surface area contributed by atoms with Crippen molar-refractivity contribution in [1.82, 2.24) is 25.4 Å². The third-order valence-corrected chi connectivity index (χ3v) is 5.05. The summed E-state index contributed by atoms with van der Waals surface area (Å²) in [5, 5.41) is 8.45. The van der Waals surface area contributed by atoms with Crippen molar-refractivity contribution in [2.24, 2.45) is 5.92 Å². The second-order valence-electron chi connectivity index (χ2n) is 7.35. The van der Waals surface area contributed by atoms with E-state index in [9.17, 15) is 4.79 Å². The molecule has 0 spiro atoms. The highest BCUT2D eigenvalue weighted by Crippen LogP contribution is 2.25. The summed E-state index contributed by atoms with van der Waals surface area (Å²) in [6.45, 7) is 5.76. The Morgan fingerprint density at radius 2 is 1.87 bits per heavy atom. The number of nitrogens with one attached hydrogen (secondary N) is 1. The second kappa shape index (κ2) is 8.20. The van der Waals surface area contributed by atoms with E-state index in [1.165, 1.54) is 0 Å². The van der Waals surface area contributed by atoms with Crippen LogP contribution in [0.15, 0.2) is 53.3 Å². The van der Waals surface area contributed by atoms with Crippen LogP contribution >= 0.6 is 11.6 Å². The molecular formula is C22H20ClN5O2. The summed E-state index contributed by atoms with van der Waals surface area (Å²) >= 11 is 6.09. The summed E-state index contributed by atoms with van der Waals surface area (Å²) in [7, 11) is 0. The molecule has 0 saturated carbocycles. The van der Waals surface area contributed by atoms with Gasteiger partial charge in [0.25, 0.3) is 5.91 Å². The van der Waals surface area contributed by atoms with Crippen molar-refractivity contribution in [3.63, 3.8) is 0 Å². The number of halogens is 1. The minimum absolute atomic E-state index is 0.0304. The number of amides is 1. The molecule has 0 radical (unpaired) electrons. The van der Waals surface area contributed by atoms with Crippen LogP contribution in [0.4, 0.5) is 0 Å². The van der Waals surface area contributed by atoms with Gasteiger partial charge >= 0.3 is 0 Å². The van der Waals surface area contributed by atoms with Crippen molar-refractivity contribution in [3.8, 4) is 11.4 Å². The third-order valence-electron chi connectivity index (χ3n) is 4.81. The van der Waals surface area contributed by atoms with Gasteiger partial charge in [-0.2, -0.15) is 4.98 Å². The molecule has 1 N–H and O–H groups in total. The van der Waals surface area contributed by atoms with Crippen molar-refractivity contribution in [2.45, 2.75) is 26.8 Å². The van der Waals surface area contributed by atoms with E-state index >= 15 is 0 Å². The average molecular weight is 422 g/mol. The minimum atomic E-state index is -0.449. The predicted octanol–water partition coefficient (Wildman–Crippen LogP) is 4.77. The summed E-state index contributed by atoms with van der Waals surface area (Å²) in [4.78, 5) is 26.1. The minimum Gasteiger partial charge on any atom is -0.340 e. The van der Waals surface area contributed by atoms with Crippen molar-refractivity contribution < 1.29 is 9.32 Å². The number of hydrogen-bond acceptors (Lipinski definition) is 6. The lowest BCUT2D eigenvalue weighted by atomic mass is 10.0. The molecule has 1 amide bonds. The number of carbonyl (C=O) groups excluding carboxylic acids is 1. The number of fused-ring (bicyclic) bond motifs is 1. The van der Waals surface area contributed by atoms with Gasteiger partial charge < -0.3 is 9.84 Å². The van der Waals surface area contributed by atoms with Crippen LogP contribution in [0.2, 0.25) is 5.02 Å². The molecule has 1 atom stereocenters. The van der Waals surface area contributed by atoms with Gasteiger partial charge in [-0.25, -0.2) is 0 Å². The smallest absolute Gasteiger partial charge is 0.253 e. The van der Waals surface area contributed by atoms with E-state index in [-0.39, 0.29) is 11.8 Å². The number of benzene rings is 1. The fourth-order valence-electron chi connectivity index (χ4n) is 3.19. The van der Waals surface area contributed by atoms with Crippen molar-refractivity contribution in [2.75, 3.05) is 0 Å². The van der Waals surface area contributed by atoms with Gasteiger partial charge in [-0.1, -0.05) is 30.6 Å². The SMILES string of the molecule is Cc1nc2ccc(Cl)cc2cc1C(=O)NC(c1nc(-c2ccncc2)no1)C(C)C. The molecule has 4 aromatic rings. The van der Waals surface area contributed by atoms with E-state index in [1.807, 2.05) is 26.8 Å². The Kier molecular flexibility index (Phi) is 5.46. The third kappa shape index (κ3) is 4.02. The highest BCUT2D eigenvalue weighted by molar-refractivity contribution is 6.31. The van der Waals surface area contributed by atoms with Gasteiger partial charge in [0.2, 0.25) is 11.7 Å². The van der Waals surface area contributed by atoms with Gasteiger partial charge in [-0.05, 0) is 49.2 Å². The van der Waals surface area contributed by atoms with Crippen molar-refractivity contribution >= 4 is 28.4 Å². The Balaban J connectivity index is 1.62. The molecule has 3 heterocycles. The molecule has 8 heteroatoms. The van der Waals surface area contributed by atoms with Crippen LogP contribution in [-0.4, -0.2) is 26.0 Å². The number of carbonyl (C=O) groups is 1. The molecule has 1 unspecified atom stereocenters. The fraction of sp³-hybridized carbons (Fsp3) is 0.227. The molecule has 0 fully saturated rings. The first-order valence-electron chi connectivity index (χ1n) is 9.54. The van der Waals surface area contributed by atoms with E-state index < -0.39 is 6.04 Å². The van der Waals surface area contributed by atoms with E-state index in [1.54, 1.807) is 42.7 Å². The zero-order valence-corrected chi connectivity index (χ0v) is 17.5. The van der Waals surface area contributed by atoms with E-state index in [2.05, 4.69) is 25.4 Å². The van der Waals surface area contributed by atoms with Gasteiger partial charge in [0.05, 0.1) is 16.8 Å². The molecule has 4 rings (SSSR count). The lowest BCUT2D eigenvalue weighted by Crippen LogP contribution is -2.32. The van der Waals surface area contributed by atoms with E-state index in [4.69, 9.17) is 16.1 Å². The zero-order valence-electron chi connectivity index (χ0n) is 16.8. The molecule has 7 nitrogen and oxygen atoms in total. The summed E-state index contributed by atoms with van der Waals surface area (Å²) < 4.78 is 5.47. The molecule has 30 heavy (non-hydrogen) atoms. The molecule has 3 aromatic heterocycles. The normalized spacial score (nSPS) is 12.3. The first-order valence-corrected chi connectivity index (χ1v) is 9.92. The van der Waals surface area contributed by atoms with Gasteiger partial charge in [-0.15, -0.1) is 0 Å². The molecule has 0 bridgehead atoms. The Morgan fingerprint density at radius 1 is 1.10 bits per heavy atom. The monoisotopic (exact) mass is 421 g/mol. The average Bonchev–Trinajstić information content (AvgIpc) is 3.22. The molecule has 152 valence electrons. The van der Waals surface area contributed by atoms with Crippen LogP contribution in [-0.2, 0) is 0 Å². The van der Waals surface area contributed by atoms with E-state index in [0.29, 0.717) is 28.0 Å². The maximum Gasteiger partial charge on any atom is 0.253 e. The quantitative estimate of drug-likeness (QED) is 0.499. The Morgan fingerprint density at radius 3 is 2.60 bits per heavy atom. The summed E-state index contributed by atoms with van der Waals surface area (Å²) in [5.74, 6) is 0.567. The van der Waals surface area contributed by atoms with Crippen molar-refractivity contribution in [1.29, 1.82) is 0 Å². The lowest BCUT2D eigenvalue weighted by Gasteiger charge is -2.19. The summed E-state index contributed by atoms with van der Waals surface area (Å²) in [5.41, 5.74) is 2.69. The molecular weight excluding hydrogens is 402 g/mol. The molecule has 0 saturated heterocycles. The van der Waals surface area contributed by atoms with Crippen LogP contribution in [0.1, 0.15) is 41.8 Å². The van der Waals surface area contributed by atoms with Crippen LogP contribution in [0, 0.1) is 12.8 Å². The number of rotatable bonds is 5. The maximum atomic E-state index is 13.1. The number of pyridine rings is 2. The standard InChI is InChI=1S/C22H20ClN5O2/c1-12(2)19(22-27-20(28-30-22)14-6-8-24-9-7-14)26-21(29)17-11-15-10-16(23)4-5-18(15)25-13(17)3/h4-12,19H,1-3H3,(H,26,29). The highest BCUT2D eigenvalue weighted by atomic mass is 35.5. The van der Waals surface area contributed by atoms with Crippen LogP contribution in [0.3, 0.4) is 0 Å². The van der Waals surface area contributed by atoms with E-state index in [0.717, 1.165) is 16.5 Å². The number of nitrogens with zero attached hydrogens (tertiary/aromatic N) is 4. The number of aromatic nitrogens is 4. The molecule has 0 aliphatic carbocycles. The van der Waals surface area contributed by atoms with Crippen LogP contribution in [0.5, 0.6) is 0 Å². The second-order valence-corrected chi connectivity index (χ2v) is 7.78. The maximum absolute atomic E-state index is 13.1. The highest BCUT2D eigenvalue weighted by Gasteiger charge is 2.26. The Hall–Kier alpha value is -3.32. The molecule has 0 aliphatic rings. The Labute approximate surface area is 178 Å². The largest absolute Gasteiger partial charge is 0.340 e. The van der Waals surface area contributed by atoms with Crippen LogP contribution < -0.4 is 5.32 Å². The lowest BCUT2D eigenvalue weighted by molar-refractivity contribution is 0.0913. The van der Waals surface area contributed by atoms with Crippen LogP contribution in [0.25, 0.3) is 22.3 Å². The first-order chi connectivity index (χ1) is 14.4. The molecule has 1 aromatic carbocycles. The summed E-state index contributed by atoms with van der Waals surface area (Å²) in [6.07, 6.45) is 3.32. The Bertz CT molecular complexity index is 1210. The summed E-state index contributed by atoms with van der Waals surface area (Å²) in [6, 6.07) is 10.4. The van der Waals surface area contributed by atoms with Gasteiger partial charge in [0.1, 0.15) is 6.04 Å². The zero-order chi connectivity index (χ0) is 21.3. The first kappa shape index (κ1) is 20.0. The van der Waals surface area contributed by atoms with Gasteiger partial charge in [0, 0.05) is 28.4 Å². The predicted molar refractivity (Wildman–Crippen MR) is 114 cm³/mol. The number of aryl methyl sites for hydroxylation is 1. The van der Waals surface area contributed by atoms with Gasteiger partial charge in [0.15, 0.2) is 0 Å². The van der Waals surface area contributed by atoms with Gasteiger partial charge in [-0.3, -0.25) is 14.8 Å². The number of hydrogen-bond donors (Lipinski definition) is 1.